The maximum atomic E-state index is 12.9. The predicted molar refractivity (Wildman–Crippen MR) is 89.7 cm³/mol. The molecule has 0 amide bonds. The van der Waals surface area contributed by atoms with Crippen molar-refractivity contribution >= 4 is 18.4 Å². The van der Waals surface area contributed by atoms with Gasteiger partial charge in [-0.25, -0.2) is 0 Å². The minimum atomic E-state index is -4.34. The van der Waals surface area contributed by atoms with E-state index >= 15 is 0 Å². The first-order valence-corrected chi connectivity index (χ1v) is 16.8. The Morgan fingerprint density at radius 1 is 0.909 bits per heavy atom. The number of nitrogens with two attached hydrogens (primary N) is 1. The standard InChI is InChI=1S/C4H7F3NO.3C4H9.Sn/c1-9-3(2-8)4(5,6)7;3*1-3-4-2;/h3H,1-2,8H2;3*1,3-4H2,2H3;. The Balaban J connectivity index is 4.90. The Bertz CT molecular complexity index is 253. The molecule has 1 atom stereocenters. The molecule has 134 valence electrons. The van der Waals surface area contributed by atoms with Crippen molar-refractivity contribution < 1.29 is 17.9 Å². The van der Waals surface area contributed by atoms with E-state index in [4.69, 9.17) is 10.5 Å². The van der Waals surface area contributed by atoms with Crippen molar-refractivity contribution in [1.29, 1.82) is 0 Å². The molecular weight excluding hydrogens is 398 g/mol. The molecule has 0 spiro atoms. The van der Waals surface area contributed by atoms with Crippen molar-refractivity contribution in [3.63, 3.8) is 0 Å². The molecule has 0 heterocycles. The summed E-state index contributed by atoms with van der Waals surface area (Å²) in [5, 5.41) is 0. The molecule has 0 saturated carbocycles. The topological polar surface area (TPSA) is 35.2 Å². The summed E-state index contributed by atoms with van der Waals surface area (Å²) in [4.78, 5) is 0. The fraction of sp³-hybridized carbons (Fsp3) is 1.00. The average molecular weight is 432 g/mol. The van der Waals surface area contributed by atoms with Crippen LogP contribution in [0.2, 0.25) is 13.3 Å². The summed E-state index contributed by atoms with van der Waals surface area (Å²) in [5.41, 5.74) is 5.27. The number of halogens is 3. The van der Waals surface area contributed by atoms with E-state index in [0.717, 1.165) is 51.8 Å². The molecule has 6 heteroatoms. The average Bonchev–Trinajstić information content (AvgIpc) is 2.47. The molecule has 0 aliphatic carbocycles. The fourth-order valence-corrected chi connectivity index (χ4v) is 17.2. The minimum absolute atomic E-state index is 0.385. The molecule has 0 aromatic heterocycles. The van der Waals surface area contributed by atoms with Gasteiger partial charge in [0.2, 0.25) is 0 Å². The van der Waals surface area contributed by atoms with Crippen LogP contribution in [0.15, 0.2) is 0 Å². The van der Waals surface area contributed by atoms with Crippen molar-refractivity contribution in [3.05, 3.63) is 0 Å². The van der Waals surface area contributed by atoms with Gasteiger partial charge in [0.05, 0.1) is 0 Å². The summed E-state index contributed by atoms with van der Waals surface area (Å²) < 4.78 is 47.8. The fourth-order valence-electron chi connectivity index (χ4n) is 2.82. The summed E-state index contributed by atoms with van der Waals surface area (Å²) in [6, 6.07) is 0. The molecule has 0 saturated heterocycles. The monoisotopic (exact) mass is 433 g/mol. The number of hydrogen-bond acceptors (Lipinski definition) is 2. The van der Waals surface area contributed by atoms with E-state index in [2.05, 4.69) is 20.8 Å². The van der Waals surface area contributed by atoms with Gasteiger partial charge in [-0.15, -0.1) is 0 Å². The molecular formula is C16H34F3NOSn. The summed E-state index contributed by atoms with van der Waals surface area (Å²) >= 11 is -2.65. The van der Waals surface area contributed by atoms with E-state index in [0.29, 0.717) is 4.62 Å². The molecule has 0 rings (SSSR count). The van der Waals surface area contributed by atoms with Crippen LogP contribution >= 0.6 is 0 Å². The van der Waals surface area contributed by atoms with Crippen LogP contribution in [0.5, 0.6) is 0 Å². The first-order chi connectivity index (χ1) is 10.3. The molecule has 0 aromatic carbocycles. The second-order valence-corrected chi connectivity index (χ2v) is 20.1. The zero-order valence-corrected chi connectivity index (χ0v) is 17.3. The first kappa shape index (κ1) is 22.5. The van der Waals surface area contributed by atoms with Gasteiger partial charge in [-0.3, -0.25) is 0 Å². The molecule has 2 N–H and O–H groups in total. The second kappa shape index (κ2) is 12.0. The Morgan fingerprint density at radius 2 is 1.32 bits per heavy atom. The van der Waals surface area contributed by atoms with Crippen LogP contribution in [0.3, 0.4) is 0 Å². The maximum absolute atomic E-state index is 12.9. The van der Waals surface area contributed by atoms with Gasteiger partial charge in [0, 0.05) is 0 Å². The van der Waals surface area contributed by atoms with Crippen molar-refractivity contribution in [2.75, 3.05) is 11.2 Å². The Labute approximate surface area is 138 Å². The number of hydrogen-bond donors (Lipinski definition) is 1. The van der Waals surface area contributed by atoms with Crippen LogP contribution in [-0.2, 0) is 4.74 Å². The summed E-state index contributed by atoms with van der Waals surface area (Å²) in [5.74, 6) is 0. The molecule has 0 bridgehead atoms. The molecule has 0 aliphatic heterocycles. The molecule has 2 nitrogen and oxygen atoms in total. The summed E-state index contributed by atoms with van der Waals surface area (Å²) in [6.07, 6.45) is 0.592. The summed E-state index contributed by atoms with van der Waals surface area (Å²) in [7, 11) is 0. The van der Waals surface area contributed by atoms with Crippen molar-refractivity contribution in [1.82, 2.24) is 0 Å². The Hall–Kier alpha value is 0.509. The molecule has 0 radical (unpaired) electrons. The SMILES string of the molecule is CCC[CH2][Sn]([CH2]CCC)([CH2]CCC)[CH2]OC(CN)C(F)(F)F. The Kier molecular flexibility index (Phi) is 12.2. The molecule has 0 fully saturated rings. The number of alkyl halides is 3. The zero-order valence-electron chi connectivity index (χ0n) is 14.5. The first-order valence-electron chi connectivity index (χ1n) is 8.73. The molecule has 22 heavy (non-hydrogen) atoms. The van der Waals surface area contributed by atoms with Gasteiger partial charge in [0.1, 0.15) is 0 Å². The van der Waals surface area contributed by atoms with E-state index in [1.165, 1.54) is 0 Å². The second-order valence-electron chi connectivity index (χ2n) is 6.39. The third-order valence-corrected chi connectivity index (χ3v) is 18.7. The van der Waals surface area contributed by atoms with Crippen LogP contribution in [0.1, 0.15) is 59.3 Å². The van der Waals surface area contributed by atoms with E-state index in [1.54, 1.807) is 0 Å². The van der Waals surface area contributed by atoms with Gasteiger partial charge >= 0.3 is 138 Å². The third-order valence-electron chi connectivity index (χ3n) is 4.35. The molecule has 0 aromatic rings. The van der Waals surface area contributed by atoms with Crippen molar-refractivity contribution in [2.45, 2.75) is 84.9 Å². The van der Waals surface area contributed by atoms with Gasteiger partial charge in [0.25, 0.3) is 0 Å². The van der Waals surface area contributed by atoms with Crippen molar-refractivity contribution in [3.8, 4) is 0 Å². The van der Waals surface area contributed by atoms with E-state index < -0.39 is 37.2 Å². The van der Waals surface area contributed by atoms with E-state index in [-0.39, 0.29) is 0 Å². The number of unbranched alkanes of at least 4 members (excludes halogenated alkanes) is 3. The van der Waals surface area contributed by atoms with Crippen LogP contribution in [-0.4, -0.2) is 41.8 Å². The van der Waals surface area contributed by atoms with Crippen LogP contribution in [0.25, 0.3) is 0 Å². The van der Waals surface area contributed by atoms with E-state index in [9.17, 15) is 13.2 Å². The van der Waals surface area contributed by atoms with Gasteiger partial charge in [0.15, 0.2) is 0 Å². The third kappa shape index (κ3) is 8.96. The normalized spacial score (nSPS) is 14.3. The van der Waals surface area contributed by atoms with Crippen LogP contribution in [0, 0.1) is 0 Å². The number of ether oxygens (including phenoxy) is 1. The zero-order chi connectivity index (χ0) is 17.1. The quantitative estimate of drug-likeness (QED) is 0.402. The van der Waals surface area contributed by atoms with Crippen LogP contribution in [0.4, 0.5) is 13.2 Å². The Morgan fingerprint density at radius 3 is 1.59 bits per heavy atom. The van der Waals surface area contributed by atoms with Gasteiger partial charge in [-0.1, -0.05) is 0 Å². The summed E-state index contributed by atoms with van der Waals surface area (Å²) in [6.45, 7) is 5.97. The van der Waals surface area contributed by atoms with Gasteiger partial charge in [-0.2, -0.15) is 0 Å². The predicted octanol–water partition coefficient (Wildman–Crippen LogP) is 5.28. The number of rotatable bonds is 13. The molecule has 0 aliphatic rings. The van der Waals surface area contributed by atoms with Crippen LogP contribution < -0.4 is 5.73 Å². The van der Waals surface area contributed by atoms with Gasteiger partial charge < -0.3 is 0 Å². The van der Waals surface area contributed by atoms with Crippen molar-refractivity contribution in [2.24, 2.45) is 5.73 Å². The molecule has 1 unspecified atom stereocenters. The van der Waals surface area contributed by atoms with Gasteiger partial charge in [-0.05, 0) is 0 Å². The van der Waals surface area contributed by atoms with E-state index in [1.807, 2.05) is 0 Å².